The maximum atomic E-state index is 11.4. The minimum absolute atomic E-state index is 0.114. The summed E-state index contributed by atoms with van der Waals surface area (Å²) in [4.78, 5) is 21.4. The third-order valence-electron chi connectivity index (χ3n) is 2.88. The summed E-state index contributed by atoms with van der Waals surface area (Å²) in [5, 5.41) is 7.80. The molecule has 20 heavy (non-hydrogen) atoms. The number of amides is 3. The molecule has 1 aromatic carbocycles. The Morgan fingerprint density at radius 2 is 2.05 bits per heavy atom. The van der Waals surface area contributed by atoms with Crippen LogP contribution in [0.2, 0.25) is 0 Å². The number of hydrogen-bond acceptors (Lipinski definition) is 3. The van der Waals surface area contributed by atoms with E-state index in [9.17, 15) is 9.59 Å². The summed E-state index contributed by atoms with van der Waals surface area (Å²) in [6, 6.07) is 5.50. The van der Waals surface area contributed by atoms with E-state index in [1.54, 1.807) is 0 Å². The second-order valence-corrected chi connectivity index (χ2v) is 4.34. The highest BCUT2D eigenvalue weighted by Crippen LogP contribution is 2.19. The Bertz CT molecular complexity index is 449. The van der Waals surface area contributed by atoms with Crippen molar-refractivity contribution >= 4 is 12.4 Å². The van der Waals surface area contributed by atoms with Crippen LogP contribution in [0.15, 0.2) is 18.2 Å². The maximum Gasteiger partial charge on any atom is 0.317 e. The monoisotopic (exact) mass is 279 g/mol. The molecule has 0 fully saturated rings. The largest absolute Gasteiger partial charge is 0.473 e. The van der Waals surface area contributed by atoms with Gasteiger partial charge in [-0.1, -0.05) is 12.1 Å². The van der Waals surface area contributed by atoms with E-state index in [2.05, 4.69) is 16.0 Å². The lowest BCUT2D eigenvalue weighted by atomic mass is 10.1. The van der Waals surface area contributed by atoms with E-state index in [0.717, 1.165) is 16.9 Å². The normalized spacial score (nSPS) is 9.70. The fraction of sp³-hybridized carbons (Fsp3) is 0.429. The zero-order valence-electron chi connectivity index (χ0n) is 11.9. The van der Waals surface area contributed by atoms with E-state index in [1.165, 1.54) is 0 Å². The third kappa shape index (κ3) is 5.60. The van der Waals surface area contributed by atoms with Crippen LogP contribution in [-0.4, -0.2) is 32.3 Å². The quantitative estimate of drug-likeness (QED) is 0.378. The minimum Gasteiger partial charge on any atom is -0.473 e. The van der Waals surface area contributed by atoms with Gasteiger partial charge in [-0.2, -0.15) is 0 Å². The SMILES string of the molecule is Cc1cccc(OCNC(=O)NCCCNC=O)c1C. The molecule has 110 valence electrons. The molecule has 0 unspecified atom stereocenters. The van der Waals surface area contributed by atoms with Crippen molar-refractivity contribution in [2.24, 2.45) is 0 Å². The van der Waals surface area contributed by atoms with Crippen LogP contribution in [0.1, 0.15) is 17.5 Å². The Morgan fingerprint density at radius 3 is 2.80 bits per heavy atom. The number of ether oxygens (including phenoxy) is 1. The molecule has 0 aliphatic heterocycles. The molecule has 1 aromatic rings. The molecule has 3 N–H and O–H groups in total. The lowest BCUT2D eigenvalue weighted by molar-refractivity contribution is -0.109. The summed E-state index contributed by atoms with van der Waals surface area (Å²) in [5.41, 5.74) is 2.21. The molecule has 0 radical (unpaired) electrons. The average Bonchev–Trinajstić information content (AvgIpc) is 2.43. The van der Waals surface area contributed by atoms with Gasteiger partial charge in [0.2, 0.25) is 6.41 Å². The summed E-state index contributed by atoms with van der Waals surface area (Å²) in [6.07, 6.45) is 1.32. The number of benzene rings is 1. The van der Waals surface area contributed by atoms with Crippen molar-refractivity contribution in [1.29, 1.82) is 0 Å². The first-order chi connectivity index (χ1) is 9.65. The van der Waals surface area contributed by atoms with Crippen molar-refractivity contribution < 1.29 is 14.3 Å². The summed E-state index contributed by atoms with van der Waals surface area (Å²) in [7, 11) is 0. The highest BCUT2D eigenvalue weighted by Gasteiger charge is 2.03. The number of carbonyl (C=O) groups is 2. The number of urea groups is 1. The maximum absolute atomic E-state index is 11.4. The molecule has 0 heterocycles. The van der Waals surface area contributed by atoms with Crippen LogP contribution in [0.3, 0.4) is 0 Å². The summed E-state index contributed by atoms with van der Waals surface area (Å²) < 4.78 is 5.50. The minimum atomic E-state index is -0.290. The van der Waals surface area contributed by atoms with Crippen LogP contribution in [0.5, 0.6) is 5.75 Å². The standard InChI is InChI=1S/C14H21N3O3/c1-11-5-3-6-13(12(11)2)20-10-17-14(19)16-8-4-7-15-9-18/h3,5-6,9H,4,7-8,10H2,1-2H3,(H,15,18)(H2,16,17,19). The van der Waals surface area contributed by atoms with Crippen molar-refractivity contribution in [3.05, 3.63) is 29.3 Å². The molecule has 0 saturated carbocycles. The zero-order valence-corrected chi connectivity index (χ0v) is 11.9. The average molecular weight is 279 g/mol. The predicted molar refractivity (Wildman–Crippen MR) is 76.6 cm³/mol. The molecule has 6 heteroatoms. The van der Waals surface area contributed by atoms with Gasteiger partial charge in [-0.25, -0.2) is 4.79 Å². The molecule has 6 nitrogen and oxygen atoms in total. The molecule has 0 saturated heterocycles. The highest BCUT2D eigenvalue weighted by atomic mass is 16.5. The molecule has 1 rings (SSSR count). The Hall–Kier alpha value is -2.24. The first-order valence-electron chi connectivity index (χ1n) is 6.53. The smallest absolute Gasteiger partial charge is 0.317 e. The number of nitrogens with one attached hydrogen (secondary N) is 3. The second-order valence-electron chi connectivity index (χ2n) is 4.34. The topological polar surface area (TPSA) is 79.5 Å². The fourth-order valence-corrected chi connectivity index (χ4v) is 1.57. The Labute approximate surface area is 118 Å². The summed E-state index contributed by atoms with van der Waals surface area (Å²) in [6.45, 7) is 5.14. The predicted octanol–water partition coefficient (Wildman–Crippen LogP) is 1.08. The van der Waals surface area contributed by atoms with Gasteiger partial charge >= 0.3 is 6.03 Å². The molecule has 0 aromatic heterocycles. The number of carbonyl (C=O) groups excluding carboxylic acids is 2. The molecule has 0 aliphatic carbocycles. The third-order valence-corrected chi connectivity index (χ3v) is 2.88. The second kappa shape index (κ2) is 8.79. The van der Waals surface area contributed by atoms with Crippen molar-refractivity contribution in [2.75, 3.05) is 19.8 Å². The number of rotatable bonds is 8. The molecule has 0 aliphatic rings. The van der Waals surface area contributed by atoms with E-state index in [0.29, 0.717) is 25.9 Å². The first-order valence-corrected chi connectivity index (χ1v) is 6.53. The lowest BCUT2D eigenvalue weighted by Gasteiger charge is -2.12. The molecular weight excluding hydrogens is 258 g/mol. The van der Waals surface area contributed by atoms with E-state index in [1.807, 2.05) is 32.0 Å². The first kappa shape index (κ1) is 15.8. The zero-order chi connectivity index (χ0) is 14.8. The molecule has 0 spiro atoms. The van der Waals surface area contributed by atoms with Crippen LogP contribution in [-0.2, 0) is 4.79 Å². The number of aryl methyl sites for hydroxylation is 1. The van der Waals surface area contributed by atoms with Gasteiger partial charge in [-0.3, -0.25) is 4.79 Å². The van der Waals surface area contributed by atoms with Crippen LogP contribution >= 0.6 is 0 Å². The van der Waals surface area contributed by atoms with E-state index >= 15 is 0 Å². The van der Waals surface area contributed by atoms with Gasteiger partial charge < -0.3 is 20.7 Å². The van der Waals surface area contributed by atoms with Gasteiger partial charge in [0.15, 0.2) is 6.73 Å². The van der Waals surface area contributed by atoms with Gasteiger partial charge in [0, 0.05) is 13.1 Å². The van der Waals surface area contributed by atoms with Crippen LogP contribution in [0.25, 0.3) is 0 Å². The van der Waals surface area contributed by atoms with Gasteiger partial charge in [0.25, 0.3) is 0 Å². The Kier molecular flexibility index (Phi) is 6.95. The molecule has 0 atom stereocenters. The molecule has 3 amide bonds. The van der Waals surface area contributed by atoms with E-state index < -0.39 is 0 Å². The Balaban J connectivity index is 2.18. The van der Waals surface area contributed by atoms with Crippen LogP contribution in [0, 0.1) is 13.8 Å². The Morgan fingerprint density at radius 1 is 1.25 bits per heavy atom. The van der Waals surface area contributed by atoms with Crippen molar-refractivity contribution in [1.82, 2.24) is 16.0 Å². The van der Waals surface area contributed by atoms with E-state index in [-0.39, 0.29) is 12.8 Å². The summed E-state index contributed by atoms with van der Waals surface area (Å²) in [5.74, 6) is 0.764. The molecule has 0 bridgehead atoms. The lowest BCUT2D eigenvalue weighted by Crippen LogP contribution is -2.38. The summed E-state index contributed by atoms with van der Waals surface area (Å²) >= 11 is 0. The fourth-order valence-electron chi connectivity index (χ4n) is 1.57. The molecular formula is C14H21N3O3. The van der Waals surface area contributed by atoms with Crippen LogP contribution < -0.4 is 20.7 Å². The van der Waals surface area contributed by atoms with Crippen molar-refractivity contribution in [3.8, 4) is 5.75 Å². The van der Waals surface area contributed by atoms with Gasteiger partial charge in [-0.05, 0) is 37.5 Å². The van der Waals surface area contributed by atoms with Gasteiger partial charge in [-0.15, -0.1) is 0 Å². The van der Waals surface area contributed by atoms with E-state index in [4.69, 9.17) is 4.74 Å². The van der Waals surface area contributed by atoms with Gasteiger partial charge in [0.05, 0.1) is 0 Å². The van der Waals surface area contributed by atoms with Crippen molar-refractivity contribution in [2.45, 2.75) is 20.3 Å². The van der Waals surface area contributed by atoms with Crippen molar-refractivity contribution in [3.63, 3.8) is 0 Å². The van der Waals surface area contributed by atoms with Gasteiger partial charge in [0.1, 0.15) is 5.75 Å². The highest BCUT2D eigenvalue weighted by molar-refractivity contribution is 5.73. The number of hydrogen-bond donors (Lipinski definition) is 3. The van der Waals surface area contributed by atoms with Crippen LogP contribution in [0.4, 0.5) is 4.79 Å².